The van der Waals surface area contributed by atoms with Crippen molar-refractivity contribution in [3.8, 4) is 0 Å². The zero-order chi connectivity index (χ0) is 18.1. The van der Waals surface area contributed by atoms with Crippen LogP contribution in [0.5, 0.6) is 0 Å². The van der Waals surface area contributed by atoms with E-state index in [9.17, 15) is 14.4 Å². The van der Waals surface area contributed by atoms with E-state index in [1.165, 1.54) is 26.4 Å². The third-order valence-electron chi connectivity index (χ3n) is 3.57. The average Bonchev–Trinajstić information content (AvgIpc) is 3.20. The quantitative estimate of drug-likeness (QED) is 0.739. The van der Waals surface area contributed by atoms with E-state index in [-0.39, 0.29) is 11.6 Å². The van der Waals surface area contributed by atoms with Gasteiger partial charge in [-0.15, -0.1) is 0 Å². The first-order chi connectivity index (χ1) is 11.8. The van der Waals surface area contributed by atoms with Gasteiger partial charge in [0.15, 0.2) is 5.76 Å². The van der Waals surface area contributed by atoms with E-state index in [1.54, 1.807) is 16.9 Å². The topological polar surface area (TPSA) is 104 Å². The number of anilines is 1. The second kappa shape index (κ2) is 6.44. The van der Waals surface area contributed by atoms with Crippen LogP contribution in [-0.4, -0.2) is 24.8 Å². The molecule has 3 aromatic heterocycles. The Bertz CT molecular complexity index is 1060. The number of hydrogen-bond donors (Lipinski definition) is 1. The SMILES string of the molecule is Cn1c(NC(=O)c2ccc(Cn3cc(Cl)cn3)o2)cc(=O)n(C)c1=O. The minimum absolute atomic E-state index is 0.0429. The molecule has 0 atom stereocenters. The first-order valence-corrected chi connectivity index (χ1v) is 7.58. The van der Waals surface area contributed by atoms with Crippen LogP contribution in [0.1, 0.15) is 16.3 Å². The van der Waals surface area contributed by atoms with Crippen molar-refractivity contribution in [3.63, 3.8) is 0 Å². The van der Waals surface area contributed by atoms with Gasteiger partial charge in [0.1, 0.15) is 11.6 Å². The number of carbonyl (C=O) groups is 1. The number of rotatable bonds is 4. The van der Waals surface area contributed by atoms with Crippen molar-refractivity contribution in [3.05, 3.63) is 68.0 Å². The molecular formula is C15H14ClN5O4. The molecule has 0 saturated carbocycles. The molecule has 0 aromatic carbocycles. The Morgan fingerprint density at radius 1 is 1.28 bits per heavy atom. The summed E-state index contributed by atoms with van der Waals surface area (Å²) < 4.78 is 9.13. The van der Waals surface area contributed by atoms with Crippen molar-refractivity contribution in [2.24, 2.45) is 14.1 Å². The first kappa shape index (κ1) is 16.8. The summed E-state index contributed by atoms with van der Waals surface area (Å²) >= 11 is 5.79. The average molecular weight is 364 g/mol. The number of halogens is 1. The largest absolute Gasteiger partial charge is 0.454 e. The zero-order valence-electron chi connectivity index (χ0n) is 13.4. The van der Waals surface area contributed by atoms with Gasteiger partial charge in [0.25, 0.3) is 11.5 Å². The zero-order valence-corrected chi connectivity index (χ0v) is 14.1. The maximum atomic E-state index is 12.3. The van der Waals surface area contributed by atoms with Crippen LogP contribution in [0.15, 0.2) is 44.6 Å². The van der Waals surface area contributed by atoms with Gasteiger partial charge >= 0.3 is 5.69 Å². The highest BCUT2D eigenvalue weighted by atomic mass is 35.5. The summed E-state index contributed by atoms with van der Waals surface area (Å²) in [6, 6.07) is 4.29. The van der Waals surface area contributed by atoms with Gasteiger partial charge in [-0.3, -0.25) is 23.4 Å². The number of amides is 1. The Balaban J connectivity index is 1.79. The maximum Gasteiger partial charge on any atom is 0.332 e. The van der Waals surface area contributed by atoms with Crippen molar-refractivity contribution in [2.45, 2.75) is 6.54 Å². The highest BCUT2D eigenvalue weighted by Crippen LogP contribution is 2.13. The number of furan rings is 1. The summed E-state index contributed by atoms with van der Waals surface area (Å²) in [5, 5.41) is 7.01. The first-order valence-electron chi connectivity index (χ1n) is 7.20. The van der Waals surface area contributed by atoms with Gasteiger partial charge < -0.3 is 9.73 Å². The Morgan fingerprint density at radius 3 is 2.72 bits per heavy atom. The van der Waals surface area contributed by atoms with Gasteiger partial charge in [-0.2, -0.15) is 5.10 Å². The van der Waals surface area contributed by atoms with Crippen molar-refractivity contribution < 1.29 is 9.21 Å². The third kappa shape index (κ3) is 3.41. The number of nitrogens with zero attached hydrogens (tertiary/aromatic N) is 4. The number of hydrogen-bond acceptors (Lipinski definition) is 5. The van der Waals surface area contributed by atoms with E-state index < -0.39 is 17.2 Å². The Hall–Kier alpha value is -3.07. The molecule has 0 radical (unpaired) electrons. The molecule has 3 rings (SSSR count). The summed E-state index contributed by atoms with van der Waals surface area (Å²) in [5.41, 5.74) is -1.06. The molecule has 0 aliphatic rings. The molecule has 1 N–H and O–H groups in total. The molecule has 0 bridgehead atoms. The molecule has 0 spiro atoms. The molecule has 0 saturated heterocycles. The minimum Gasteiger partial charge on any atom is -0.454 e. The van der Waals surface area contributed by atoms with E-state index in [0.717, 1.165) is 15.2 Å². The van der Waals surface area contributed by atoms with Crippen LogP contribution in [0.3, 0.4) is 0 Å². The van der Waals surface area contributed by atoms with Crippen LogP contribution in [-0.2, 0) is 20.6 Å². The maximum absolute atomic E-state index is 12.3. The predicted octanol–water partition coefficient (Wildman–Crippen LogP) is 0.827. The van der Waals surface area contributed by atoms with Crippen LogP contribution in [0, 0.1) is 0 Å². The predicted molar refractivity (Wildman–Crippen MR) is 89.9 cm³/mol. The minimum atomic E-state index is -0.576. The summed E-state index contributed by atoms with van der Waals surface area (Å²) in [7, 11) is 2.81. The molecule has 10 heteroatoms. The summed E-state index contributed by atoms with van der Waals surface area (Å²) in [4.78, 5) is 35.8. The van der Waals surface area contributed by atoms with Crippen LogP contribution in [0.25, 0.3) is 0 Å². The highest BCUT2D eigenvalue weighted by Gasteiger charge is 2.15. The van der Waals surface area contributed by atoms with Gasteiger partial charge in [0.2, 0.25) is 0 Å². The number of aromatic nitrogens is 4. The van der Waals surface area contributed by atoms with Gasteiger partial charge in [-0.05, 0) is 12.1 Å². The van der Waals surface area contributed by atoms with Crippen molar-refractivity contribution in [1.29, 1.82) is 0 Å². The lowest BCUT2D eigenvalue weighted by atomic mass is 10.4. The normalized spacial score (nSPS) is 10.8. The fourth-order valence-electron chi connectivity index (χ4n) is 2.20. The van der Waals surface area contributed by atoms with E-state index in [2.05, 4.69) is 10.4 Å². The lowest BCUT2D eigenvalue weighted by Crippen LogP contribution is -2.38. The summed E-state index contributed by atoms with van der Waals surface area (Å²) in [5.74, 6) is 0.0482. The van der Waals surface area contributed by atoms with Gasteiger partial charge in [-0.25, -0.2) is 4.79 Å². The monoisotopic (exact) mass is 363 g/mol. The standard InChI is InChI=1S/C15H14ClN5O4/c1-19-12(5-13(22)20(2)15(19)24)18-14(23)11-4-3-10(25-11)8-21-7-9(16)6-17-21/h3-7H,8H2,1-2H3,(H,18,23). The lowest BCUT2D eigenvalue weighted by molar-refractivity contribution is 0.0993. The van der Waals surface area contributed by atoms with Crippen LogP contribution < -0.4 is 16.6 Å². The van der Waals surface area contributed by atoms with Crippen LogP contribution in [0.4, 0.5) is 5.82 Å². The van der Waals surface area contributed by atoms with Crippen LogP contribution in [0.2, 0.25) is 5.02 Å². The molecule has 130 valence electrons. The number of nitrogens with one attached hydrogen (secondary N) is 1. The smallest absolute Gasteiger partial charge is 0.332 e. The molecule has 9 nitrogen and oxygen atoms in total. The Morgan fingerprint density at radius 2 is 2.04 bits per heavy atom. The van der Waals surface area contributed by atoms with Crippen LogP contribution >= 0.6 is 11.6 Å². The van der Waals surface area contributed by atoms with Gasteiger partial charge in [-0.1, -0.05) is 11.6 Å². The van der Waals surface area contributed by atoms with E-state index in [1.807, 2.05) is 0 Å². The fraction of sp³-hybridized carbons (Fsp3) is 0.200. The van der Waals surface area contributed by atoms with E-state index >= 15 is 0 Å². The molecule has 0 aliphatic heterocycles. The second-order valence-corrected chi connectivity index (χ2v) is 5.78. The Kier molecular flexibility index (Phi) is 4.32. The van der Waals surface area contributed by atoms with Gasteiger partial charge in [0.05, 0.1) is 17.8 Å². The Labute approximate surface area is 146 Å². The number of carbonyl (C=O) groups excluding carboxylic acids is 1. The molecule has 25 heavy (non-hydrogen) atoms. The van der Waals surface area contributed by atoms with Crippen molar-refractivity contribution in [1.82, 2.24) is 18.9 Å². The molecule has 0 fully saturated rings. The molecular weight excluding hydrogens is 350 g/mol. The molecule has 3 aromatic rings. The third-order valence-corrected chi connectivity index (χ3v) is 3.77. The molecule has 3 heterocycles. The molecule has 0 unspecified atom stereocenters. The van der Waals surface area contributed by atoms with E-state index in [4.69, 9.17) is 16.0 Å². The fourth-order valence-corrected chi connectivity index (χ4v) is 2.36. The second-order valence-electron chi connectivity index (χ2n) is 5.34. The lowest BCUT2D eigenvalue weighted by Gasteiger charge is -2.09. The van der Waals surface area contributed by atoms with Gasteiger partial charge in [0, 0.05) is 26.4 Å². The molecule has 0 aliphatic carbocycles. The van der Waals surface area contributed by atoms with E-state index in [0.29, 0.717) is 17.3 Å². The summed E-state index contributed by atoms with van der Waals surface area (Å²) in [6.07, 6.45) is 3.12. The van der Waals surface area contributed by atoms with Crippen molar-refractivity contribution >= 4 is 23.3 Å². The summed E-state index contributed by atoms with van der Waals surface area (Å²) in [6.45, 7) is 0.310. The highest BCUT2D eigenvalue weighted by molar-refractivity contribution is 6.30. The molecule has 1 amide bonds. The van der Waals surface area contributed by atoms with Crippen molar-refractivity contribution in [2.75, 3.05) is 5.32 Å².